The number of piperidine rings is 1. The third kappa shape index (κ3) is 4.52. The molecule has 1 atom stereocenters. The van der Waals surface area contributed by atoms with Gasteiger partial charge in [-0.3, -0.25) is 0 Å². The van der Waals surface area contributed by atoms with E-state index in [1.54, 1.807) is 0 Å². The van der Waals surface area contributed by atoms with E-state index >= 15 is 0 Å². The maximum absolute atomic E-state index is 9.37. The fourth-order valence-electron chi connectivity index (χ4n) is 2.99. The van der Waals surface area contributed by atoms with Crippen molar-refractivity contribution in [3.63, 3.8) is 0 Å². The van der Waals surface area contributed by atoms with Crippen LogP contribution in [-0.2, 0) is 0 Å². The summed E-state index contributed by atoms with van der Waals surface area (Å²) in [6.07, 6.45) is 6.42. The molecule has 0 spiro atoms. The molecule has 18 heavy (non-hydrogen) atoms. The van der Waals surface area contributed by atoms with Gasteiger partial charge in [-0.2, -0.15) is 0 Å². The Kier molecular flexibility index (Phi) is 5.46. The summed E-state index contributed by atoms with van der Waals surface area (Å²) in [6, 6.07) is 1.02. The molecule has 0 radical (unpaired) electrons. The zero-order valence-electron chi connectivity index (χ0n) is 12.1. The average Bonchev–Trinajstić information content (AvgIpc) is 3.18. The van der Waals surface area contributed by atoms with Crippen LogP contribution in [0.5, 0.6) is 0 Å². The zero-order chi connectivity index (χ0) is 13.0. The fourth-order valence-corrected chi connectivity index (χ4v) is 2.99. The fraction of sp³-hybridized carbons (Fsp3) is 1.00. The molecule has 106 valence electrons. The van der Waals surface area contributed by atoms with Gasteiger partial charge in [0.1, 0.15) is 0 Å². The first kappa shape index (κ1) is 14.3. The van der Waals surface area contributed by atoms with Gasteiger partial charge in [0.25, 0.3) is 0 Å². The molecule has 0 aromatic rings. The number of aliphatic hydroxyl groups is 1. The zero-order valence-corrected chi connectivity index (χ0v) is 12.1. The second kappa shape index (κ2) is 6.88. The first-order valence-electron chi connectivity index (χ1n) is 7.78. The van der Waals surface area contributed by atoms with Crippen molar-refractivity contribution in [2.75, 3.05) is 26.2 Å². The minimum Gasteiger partial charge on any atom is -0.395 e. The van der Waals surface area contributed by atoms with Gasteiger partial charge in [0.15, 0.2) is 0 Å². The molecule has 1 aliphatic heterocycles. The Morgan fingerprint density at radius 2 is 1.83 bits per heavy atom. The predicted molar refractivity (Wildman–Crippen MR) is 75.7 cm³/mol. The van der Waals surface area contributed by atoms with Gasteiger partial charge in [0, 0.05) is 12.1 Å². The van der Waals surface area contributed by atoms with E-state index in [1.807, 2.05) is 0 Å². The van der Waals surface area contributed by atoms with Crippen LogP contribution >= 0.6 is 0 Å². The van der Waals surface area contributed by atoms with Crippen molar-refractivity contribution in [3.8, 4) is 0 Å². The van der Waals surface area contributed by atoms with Gasteiger partial charge in [-0.1, -0.05) is 13.8 Å². The van der Waals surface area contributed by atoms with Crippen molar-refractivity contribution >= 4 is 0 Å². The lowest BCUT2D eigenvalue weighted by molar-refractivity contribution is 0.144. The second-order valence-corrected chi connectivity index (χ2v) is 6.53. The largest absolute Gasteiger partial charge is 0.395 e. The highest BCUT2D eigenvalue weighted by Crippen LogP contribution is 2.24. The Hall–Kier alpha value is -0.120. The van der Waals surface area contributed by atoms with Crippen LogP contribution in [0.15, 0.2) is 0 Å². The summed E-state index contributed by atoms with van der Waals surface area (Å²) in [6.45, 7) is 8.65. The summed E-state index contributed by atoms with van der Waals surface area (Å²) in [7, 11) is 0. The van der Waals surface area contributed by atoms with E-state index in [-0.39, 0.29) is 0 Å². The molecule has 0 aromatic heterocycles. The van der Waals surface area contributed by atoms with Crippen LogP contribution in [0, 0.1) is 11.8 Å². The highest BCUT2D eigenvalue weighted by molar-refractivity contribution is 4.85. The Morgan fingerprint density at radius 1 is 1.17 bits per heavy atom. The molecule has 2 rings (SSSR count). The number of nitrogens with zero attached hydrogens (tertiary/aromatic N) is 1. The van der Waals surface area contributed by atoms with Gasteiger partial charge in [-0.25, -0.2) is 0 Å². The van der Waals surface area contributed by atoms with Crippen molar-refractivity contribution in [3.05, 3.63) is 0 Å². The summed E-state index contributed by atoms with van der Waals surface area (Å²) in [5, 5.41) is 12.9. The van der Waals surface area contributed by atoms with E-state index in [0.29, 0.717) is 18.7 Å². The van der Waals surface area contributed by atoms with E-state index in [4.69, 9.17) is 0 Å². The van der Waals surface area contributed by atoms with Gasteiger partial charge < -0.3 is 15.3 Å². The van der Waals surface area contributed by atoms with Gasteiger partial charge >= 0.3 is 0 Å². The van der Waals surface area contributed by atoms with Crippen LogP contribution in [-0.4, -0.2) is 48.3 Å². The smallest absolute Gasteiger partial charge is 0.0585 e. The molecule has 0 amide bonds. The topological polar surface area (TPSA) is 35.5 Å². The Balaban J connectivity index is 1.61. The van der Waals surface area contributed by atoms with E-state index in [1.165, 1.54) is 38.8 Å². The molecular formula is C15H30N2O. The lowest BCUT2D eigenvalue weighted by Crippen LogP contribution is -2.41. The molecule has 1 aliphatic carbocycles. The van der Waals surface area contributed by atoms with Gasteiger partial charge in [0.2, 0.25) is 0 Å². The maximum atomic E-state index is 9.37. The summed E-state index contributed by atoms with van der Waals surface area (Å²) in [5.74, 6) is 1.77. The predicted octanol–water partition coefficient (Wildman–Crippen LogP) is 1.86. The van der Waals surface area contributed by atoms with Crippen molar-refractivity contribution in [2.24, 2.45) is 11.8 Å². The monoisotopic (exact) mass is 254 g/mol. The van der Waals surface area contributed by atoms with Crippen molar-refractivity contribution < 1.29 is 5.11 Å². The third-order valence-electron chi connectivity index (χ3n) is 4.64. The van der Waals surface area contributed by atoms with Crippen LogP contribution < -0.4 is 5.32 Å². The van der Waals surface area contributed by atoms with E-state index in [9.17, 15) is 5.11 Å². The average molecular weight is 254 g/mol. The maximum Gasteiger partial charge on any atom is 0.0585 e. The molecule has 3 nitrogen and oxygen atoms in total. The SMILES string of the molecule is CC(C)C1CCN(CCC(CO)NC2CC2)CC1. The standard InChI is InChI=1S/C15H30N2O/c1-12(2)13-5-8-17(9-6-13)10-7-15(11-18)16-14-3-4-14/h12-16,18H,3-11H2,1-2H3. The molecule has 0 aromatic carbocycles. The van der Waals surface area contributed by atoms with Gasteiger partial charge in [-0.15, -0.1) is 0 Å². The highest BCUT2D eigenvalue weighted by Gasteiger charge is 2.25. The van der Waals surface area contributed by atoms with Gasteiger partial charge in [0.05, 0.1) is 6.61 Å². The van der Waals surface area contributed by atoms with Gasteiger partial charge in [-0.05, 0) is 63.6 Å². The summed E-state index contributed by atoms with van der Waals surface area (Å²) in [5.41, 5.74) is 0. The third-order valence-corrected chi connectivity index (χ3v) is 4.64. The van der Waals surface area contributed by atoms with Crippen molar-refractivity contribution in [1.82, 2.24) is 10.2 Å². The minimum absolute atomic E-state index is 0.291. The normalized spacial score (nSPS) is 24.7. The molecule has 3 heteroatoms. The molecule has 0 bridgehead atoms. The van der Waals surface area contributed by atoms with Crippen LogP contribution in [0.4, 0.5) is 0 Å². The Bertz CT molecular complexity index is 233. The van der Waals surface area contributed by atoms with Crippen LogP contribution in [0.25, 0.3) is 0 Å². The number of hydrogen-bond acceptors (Lipinski definition) is 3. The van der Waals surface area contributed by atoms with Crippen molar-refractivity contribution in [2.45, 2.75) is 58.0 Å². The summed E-state index contributed by atoms with van der Waals surface area (Å²) >= 11 is 0. The molecule has 2 N–H and O–H groups in total. The molecule has 1 saturated heterocycles. The molecule has 1 heterocycles. The molecule has 1 saturated carbocycles. The minimum atomic E-state index is 0.291. The van der Waals surface area contributed by atoms with Crippen molar-refractivity contribution in [1.29, 1.82) is 0 Å². The first-order chi connectivity index (χ1) is 8.69. The number of aliphatic hydroxyl groups excluding tert-OH is 1. The van der Waals surface area contributed by atoms with E-state index in [0.717, 1.165) is 24.8 Å². The molecule has 2 fully saturated rings. The molecule has 2 aliphatic rings. The van der Waals surface area contributed by atoms with Crippen LogP contribution in [0.3, 0.4) is 0 Å². The van der Waals surface area contributed by atoms with E-state index < -0.39 is 0 Å². The van der Waals surface area contributed by atoms with Crippen LogP contribution in [0.1, 0.15) is 46.0 Å². The number of rotatable bonds is 7. The highest BCUT2D eigenvalue weighted by atomic mass is 16.3. The summed E-state index contributed by atoms with van der Waals surface area (Å²) < 4.78 is 0. The Morgan fingerprint density at radius 3 is 2.33 bits per heavy atom. The number of nitrogens with one attached hydrogen (secondary N) is 1. The number of likely N-dealkylation sites (tertiary alicyclic amines) is 1. The number of hydrogen-bond donors (Lipinski definition) is 2. The first-order valence-corrected chi connectivity index (χ1v) is 7.78. The lowest BCUT2D eigenvalue weighted by atomic mass is 9.86. The molecule has 1 unspecified atom stereocenters. The molecular weight excluding hydrogens is 224 g/mol. The second-order valence-electron chi connectivity index (χ2n) is 6.53. The van der Waals surface area contributed by atoms with Crippen LogP contribution in [0.2, 0.25) is 0 Å². The Labute approximate surface area is 112 Å². The van der Waals surface area contributed by atoms with E-state index in [2.05, 4.69) is 24.1 Å². The quantitative estimate of drug-likeness (QED) is 0.728. The summed E-state index contributed by atoms with van der Waals surface area (Å²) in [4.78, 5) is 2.58. The lowest BCUT2D eigenvalue weighted by Gasteiger charge is -2.34.